The topological polar surface area (TPSA) is 34.1 Å². The molecule has 0 heterocycles. The Kier molecular flexibility index (Phi) is 9.22. The van der Waals surface area contributed by atoms with Gasteiger partial charge in [0.15, 0.2) is 5.17 Å². The van der Waals surface area contributed by atoms with Crippen molar-refractivity contribution in [2.45, 2.75) is 13.1 Å². The summed E-state index contributed by atoms with van der Waals surface area (Å²) in [5.41, 5.74) is 2.39. The first kappa shape index (κ1) is 21.6. The van der Waals surface area contributed by atoms with Crippen LogP contribution in [0.1, 0.15) is 11.1 Å². The van der Waals surface area contributed by atoms with Gasteiger partial charge < -0.3 is 14.4 Å². The fraction of sp³-hybridized carbons (Fsp3) is 0.261. The van der Waals surface area contributed by atoms with Crippen molar-refractivity contribution in [2.75, 3.05) is 26.5 Å². The van der Waals surface area contributed by atoms with E-state index in [4.69, 9.17) is 14.5 Å². The van der Waals surface area contributed by atoms with Crippen molar-refractivity contribution >= 4 is 16.9 Å². The first-order valence-electron chi connectivity index (χ1n) is 9.10. The number of rotatable bonds is 10. The van der Waals surface area contributed by atoms with E-state index in [-0.39, 0.29) is 0 Å². The monoisotopic (exact) mass is 396 g/mol. The average Bonchev–Trinajstić information content (AvgIpc) is 2.74. The quantitative estimate of drug-likeness (QED) is 0.315. The molecule has 0 saturated carbocycles. The van der Waals surface area contributed by atoms with Gasteiger partial charge in [-0.1, -0.05) is 48.2 Å². The molecule has 2 aromatic carbocycles. The molecule has 0 saturated heterocycles. The molecule has 5 heteroatoms. The number of ether oxygens (including phenoxy) is 2. The molecule has 0 aromatic heterocycles. The maximum Gasteiger partial charge on any atom is 0.160 e. The lowest BCUT2D eigenvalue weighted by molar-refractivity contribution is 0.405. The van der Waals surface area contributed by atoms with Crippen LogP contribution in [0.25, 0.3) is 0 Å². The lowest BCUT2D eigenvalue weighted by atomic mass is 10.1. The molecule has 2 rings (SSSR count). The van der Waals surface area contributed by atoms with Crippen molar-refractivity contribution in [3.63, 3.8) is 0 Å². The van der Waals surface area contributed by atoms with E-state index in [1.807, 2.05) is 36.4 Å². The largest absolute Gasteiger partial charge is 0.497 e. The maximum absolute atomic E-state index is 5.27. The van der Waals surface area contributed by atoms with Gasteiger partial charge in [-0.15, -0.1) is 13.2 Å². The number of hydrogen-bond acceptors (Lipinski definition) is 4. The van der Waals surface area contributed by atoms with Crippen LogP contribution in [-0.4, -0.2) is 36.6 Å². The highest BCUT2D eigenvalue weighted by atomic mass is 32.2. The SMILES string of the molecule is C=CCN=C(SCC=C)N(Cc1ccc(OC)cc1)Cc1ccc(OC)cc1. The van der Waals surface area contributed by atoms with Gasteiger partial charge in [0.2, 0.25) is 0 Å². The van der Waals surface area contributed by atoms with Crippen LogP contribution in [0, 0.1) is 0 Å². The van der Waals surface area contributed by atoms with Gasteiger partial charge in [-0.25, -0.2) is 0 Å². The molecule has 0 atom stereocenters. The summed E-state index contributed by atoms with van der Waals surface area (Å²) in [6.45, 7) is 9.71. The zero-order valence-corrected chi connectivity index (χ0v) is 17.5. The van der Waals surface area contributed by atoms with E-state index in [2.05, 4.69) is 42.3 Å². The second-order valence-corrected chi connectivity index (χ2v) is 7.05. The number of thioether (sulfide) groups is 1. The summed E-state index contributed by atoms with van der Waals surface area (Å²) in [7, 11) is 3.36. The number of benzene rings is 2. The molecule has 2 aromatic rings. The normalized spacial score (nSPS) is 11.0. The molecule has 0 unspecified atom stereocenters. The third-order valence-corrected chi connectivity index (χ3v) is 5.07. The molecule has 0 fully saturated rings. The fourth-order valence-corrected chi connectivity index (χ4v) is 3.35. The summed E-state index contributed by atoms with van der Waals surface area (Å²) in [4.78, 5) is 7.01. The van der Waals surface area contributed by atoms with E-state index in [0.717, 1.165) is 35.5 Å². The molecular weight excluding hydrogens is 368 g/mol. The van der Waals surface area contributed by atoms with Gasteiger partial charge in [0.1, 0.15) is 11.5 Å². The summed E-state index contributed by atoms with van der Waals surface area (Å²) in [5, 5.41) is 0.978. The molecule has 0 radical (unpaired) electrons. The summed E-state index contributed by atoms with van der Waals surface area (Å²) in [6, 6.07) is 16.3. The Labute approximate surface area is 172 Å². The van der Waals surface area contributed by atoms with Crippen LogP contribution in [0.3, 0.4) is 0 Å². The van der Waals surface area contributed by atoms with Crippen molar-refractivity contribution in [1.82, 2.24) is 4.90 Å². The predicted molar refractivity (Wildman–Crippen MR) is 120 cm³/mol. The Morgan fingerprint density at radius 2 is 1.39 bits per heavy atom. The second-order valence-electron chi connectivity index (χ2n) is 6.06. The predicted octanol–water partition coefficient (Wildman–Crippen LogP) is 5.17. The summed E-state index contributed by atoms with van der Waals surface area (Å²) in [6.07, 6.45) is 3.71. The maximum atomic E-state index is 5.27. The van der Waals surface area contributed by atoms with E-state index in [9.17, 15) is 0 Å². The molecule has 4 nitrogen and oxygen atoms in total. The Morgan fingerprint density at radius 1 is 0.893 bits per heavy atom. The zero-order valence-electron chi connectivity index (χ0n) is 16.6. The third-order valence-electron chi connectivity index (χ3n) is 4.02. The average molecular weight is 397 g/mol. The number of amidine groups is 1. The third kappa shape index (κ3) is 6.82. The van der Waals surface area contributed by atoms with E-state index >= 15 is 0 Å². The van der Waals surface area contributed by atoms with Crippen molar-refractivity contribution < 1.29 is 9.47 Å². The number of nitrogens with zero attached hydrogens (tertiary/aromatic N) is 2. The molecule has 0 aliphatic carbocycles. The standard InChI is InChI=1S/C23H28N2O2S/c1-5-15-24-23(28-16-6-2)25(17-19-7-11-21(26-3)12-8-19)18-20-9-13-22(27-4)14-10-20/h5-14H,1-2,15-18H2,3-4H3. The summed E-state index contributed by atoms with van der Waals surface area (Å²) >= 11 is 1.68. The number of aliphatic imine (C=N–C) groups is 1. The molecule has 0 amide bonds. The molecule has 0 aliphatic heterocycles. The lowest BCUT2D eigenvalue weighted by Gasteiger charge is -2.26. The molecule has 0 bridgehead atoms. The Morgan fingerprint density at radius 3 is 1.79 bits per heavy atom. The summed E-state index contributed by atoms with van der Waals surface area (Å²) in [5.74, 6) is 2.51. The minimum Gasteiger partial charge on any atom is -0.497 e. The Balaban J connectivity index is 2.27. The zero-order chi connectivity index (χ0) is 20.2. The molecule has 148 valence electrons. The molecular formula is C23H28N2O2S. The van der Waals surface area contributed by atoms with Gasteiger partial charge in [0.25, 0.3) is 0 Å². The highest BCUT2D eigenvalue weighted by Crippen LogP contribution is 2.20. The van der Waals surface area contributed by atoms with Gasteiger partial charge in [0.05, 0.1) is 20.8 Å². The first-order chi connectivity index (χ1) is 13.7. The van der Waals surface area contributed by atoms with Gasteiger partial charge in [0, 0.05) is 18.8 Å². The van der Waals surface area contributed by atoms with Crippen LogP contribution in [0.4, 0.5) is 0 Å². The van der Waals surface area contributed by atoms with E-state index in [1.54, 1.807) is 26.0 Å². The fourth-order valence-electron chi connectivity index (χ4n) is 2.61. The highest BCUT2D eigenvalue weighted by molar-refractivity contribution is 8.13. The van der Waals surface area contributed by atoms with E-state index < -0.39 is 0 Å². The van der Waals surface area contributed by atoms with Crippen molar-refractivity contribution in [1.29, 1.82) is 0 Å². The molecule has 0 spiro atoms. The number of methoxy groups -OCH3 is 2. The molecule has 28 heavy (non-hydrogen) atoms. The minimum atomic E-state index is 0.585. The first-order valence-corrected chi connectivity index (χ1v) is 10.1. The van der Waals surface area contributed by atoms with Crippen LogP contribution in [0.15, 0.2) is 78.8 Å². The van der Waals surface area contributed by atoms with Gasteiger partial charge >= 0.3 is 0 Å². The van der Waals surface area contributed by atoms with Crippen LogP contribution in [-0.2, 0) is 13.1 Å². The highest BCUT2D eigenvalue weighted by Gasteiger charge is 2.13. The van der Waals surface area contributed by atoms with Crippen molar-refractivity contribution in [3.8, 4) is 11.5 Å². The number of hydrogen-bond donors (Lipinski definition) is 0. The van der Waals surface area contributed by atoms with E-state index in [1.165, 1.54) is 11.1 Å². The van der Waals surface area contributed by atoms with Crippen LogP contribution >= 0.6 is 11.8 Å². The van der Waals surface area contributed by atoms with Crippen LogP contribution in [0.2, 0.25) is 0 Å². The summed E-state index contributed by atoms with van der Waals surface area (Å²) < 4.78 is 10.5. The minimum absolute atomic E-state index is 0.585. The molecule has 0 aliphatic rings. The molecule has 0 N–H and O–H groups in total. The van der Waals surface area contributed by atoms with Gasteiger partial charge in [-0.05, 0) is 35.4 Å². The van der Waals surface area contributed by atoms with Crippen molar-refractivity contribution in [3.05, 3.63) is 85.0 Å². The smallest absolute Gasteiger partial charge is 0.160 e. The lowest BCUT2D eigenvalue weighted by Crippen LogP contribution is -2.28. The van der Waals surface area contributed by atoms with Crippen LogP contribution < -0.4 is 9.47 Å². The van der Waals surface area contributed by atoms with Crippen molar-refractivity contribution in [2.24, 2.45) is 4.99 Å². The van der Waals surface area contributed by atoms with Crippen LogP contribution in [0.5, 0.6) is 11.5 Å². The second kappa shape index (κ2) is 11.9. The van der Waals surface area contributed by atoms with Gasteiger partial charge in [-0.3, -0.25) is 4.99 Å². The Bertz CT molecular complexity index is 721. The van der Waals surface area contributed by atoms with Gasteiger partial charge in [-0.2, -0.15) is 0 Å². The Hall–Kier alpha value is -2.66. The van der Waals surface area contributed by atoms with E-state index in [0.29, 0.717) is 6.54 Å².